The minimum Gasteiger partial charge on any atom is -0.410 e. The number of anilines is 1. The van der Waals surface area contributed by atoms with Crippen LogP contribution in [0.3, 0.4) is 0 Å². The van der Waals surface area contributed by atoms with Crippen molar-refractivity contribution >= 4 is 11.8 Å². The maximum absolute atomic E-state index is 11.3. The van der Waals surface area contributed by atoms with E-state index in [9.17, 15) is 4.79 Å². The second kappa shape index (κ2) is 6.91. The molecule has 1 aromatic carbocycles. The molecule has 1 aliphatic heterocycles. The zero-order valence-electron chi connectivity index (χ0n) is 12.1. The quantitative estimate of drug-likeness (QED) is 0.911. The van der Waals surface area contributed by atoms with Gasteiger partial charge in [0.25, 0.3) is 0 Å². The van der Waals surface area contributed by atoms with Gasteiger partial charge in [0.15, 0.2) is 0 Å². The van der Waals surface area contributed by atoms with Gasteiger partial charge in [0.2, 0.25) is 0 Å². The zero-order chi connectivity index (χ0) is 14.7. The third-order valence-electron chi connectivity index (χ3n) is 3.25. The molecule has 0 aliphatic carbocycles. The van der Waals surface area contributed by atoms with Crippen LogP contribution in [-0.4, -0.2) is 16.1 Å². The SMILES string of the molecule is [CH2].[CH2]NC(=O)Oc1cccc2c1CN(Nc1ccncc1)C2. The average Bonchev–Trinajstić information content (AvgIpc) is 2.91. The lowest BCUT2D eigenvalue weighted by Crippen LogP contribution is -2.24. The lowest BCUT2D eigenvalue weighted by atomic mass is 10.1. The molecule has 0 saturated heterocycles. The largest absolute Gasteiger partial charge is 0.412 e. The lowest BCUT2D eigenvalue weighted by Gasteiger charge is -2.17. The van der Waals surface area contributed by atoms with Crippen LogP contribution in [0.5, 0.6) is 5.75 Å². The fraction of sp³-hybridized carbons (Fsp3) is 0.125. The summed E-state index contributed by atoms with van der Waals surface area (Å²) < 4.78 is 5.23. The van der Waals surface area contributed by atoms with Crippen molar-refractivity contribution in [2.75, 3.05) is 5.43 Å². The highest BCUT2D eigenvalue weighted by Gasteiger charge is 2.23. The van der Waals surface area contributed by atoms with Crippen molar-refractivity contribution < 1.29 is 9.53 Å². The standard InChI is InChI=1S/C15H15N4O2.CH2/c1-16-15(20)21-14-4-2-3-11-9-19(10-13(11)14)18-12-5-7-17-8-6-12;/h2-8H,1,9-10H2,(H,16,20)(H,17,18);1H2. The van der Waals surface area contributed by atoms with Crippen LogP contribution in [0.2, 0.25) is 0 Å². The molecule has 3 radical (unpaired) electrons. The number of ether oxygens (including phenoxy) is 1. The normalized spacial score (nSPS) is 13.0. The van der Waals surface area contributed by atoms with E-state index in [0.29, 0.717) is 12.3 Å². The molecular formula is C16H17N4O2. The maximum Gasteiger partial charge on any atom is 0.412 e. The summed E-state index contributed by atoms with van der Waals surface area (Å²) in [7, 11) is 3.29. The molecule has 0 bridgehead atoms. The van der Waals surface area contributed by atoms with E-state index in [1.54, 1.807) is 18.5 Å². The van der Waals surface area contributed by atoms with Gasteiger partial charge in [0.1, 0.15) is 5.75 Å². The van der Waals surface area contributed by atoms with Gasteiger partial charge in [-0.15, -0.1) is 0 Å². The van der Waals surface area contributed by atoms with Gasteiger partial charge < -0.3 is 15.5 Å². The fourth-order valence-corrected chi connectivity index (χ4v) is 2.31. The number of pyridine rings is 1. The van der Waals surface area contributed by atoms with E-state index in [1.165, 1.54) is 0 Å². The average molecular weight is 297 g/mol. The van der Waals surface area contributed by atoms with Crippen molar-refractivity contribution in [2.45, 2.75) is 13.1 Å². The van der Waals surface area contributed by atoms with Gasteiger partial charge in [-0.2, -0.15) is 0 Å². The van der Waals surface area contributed by atoms with Crippen molar-refractivity contribution in [3.8, 4) is 5.75 Å². The highest BCUT2D eigenvalue weighted by atomic mass is 16.6. The van der Waals surface area contributed by atoms with Gasteiger partial charge in [-0.25, -0.2) is 9.80 Å². The maximum atomic E-state index is 11.3. The molecule has 113 valence electrons. The van der Waals surface area contributed by atoms with Gasteiger partial charge in [-0.05, 0) is 23.8 Å². The Morgan fingerprint density at radius 1 is 1.23 bits per heavy atom. The Bertz CT molecular complexity index is 646. The molecule has 6 nitrogen and oxygen atoms in total. The Balaban J connectivity index is 0.00000176. The van der Waals surface area contributed by atoms with Gasteiger partial charge in [0.05, 0.1) is 5.69 Å². The van der Waals surface area contributed by atoms with Gasteiger partial charge in [0, 0.05) is 38.1 Å². The van der Waals surface area contributed by atoms with Gasteiger partial charge in [-0.1, -0.05) is 19.6 Å². The predicted molar refractivity (Wildman–Crippen MR) is 83.4 cm³/mol. The summed E-state index contributed by atoms with van der Waals surface area (Å²) >= 11 is 0. The number of carbonyl (C=O) groups is 1. The van der Waals surface area contributed by atoms with Crippen LogP contribution >= 0.6 is 0 Å². The number of nitrogens with zero attached hydrogens (tertiary/aromatic N) is 2. The summed E-state index contributed by atoms with van der Waals surface area (Å²) in [6.45, 7) is 1.39. The van der Waals surface area contributed by atoms with Crippen LogP contribution in [-0.2, 0) is 13.1 Å². The fourth-order valence-electron chi connectivity index (χ4n) is 2.31. The molecule has 0 atom stereocenters. The van der Waals surface area contributed by atoms with Crippen molar-refractivity contribution in [2.24, 2.45) is 0 Å². The van der Waals surface area contributed by atoms with Crippen LogP contribution in [0.1, 0.15) is 11.1 Å². The molecule has 2 aromatic rings. The molecule has 1 aliphatic rings. The number of hydrazine groups is 1. The summed E-state index contributed by atoms with van der Waals surface area (Å²) in [6, 6.07) is 9.48. The number of nitrogens with one attached hydrogen (secondary N) is 2. The highest BCUT2D eigenvalue weighted by Crippen LogP contribution is 2.31. The van der Waals surface area contributed by atoms with Crippen LogP contribution in [0.25, 0.3) is 0 Å². The monoisotopic (exact) mass is 297 g/mol. The number of benzene rings is 1. The molecule has 22 heavy (non-hydrogen) atoms. The first-order chi connectivity index (χ1) is 10.3. The smallest absolute Gasteiger partial charge is 0.410 e. The Labute approximate surface area is 130 Å². The summed E-state index contributed by atoms with van der Waals surface area (Å²) in [6.07, 6.45) is 2.90. The summed E-state index contributed by atoms with van der Waals surface area (Å²) in [5.74, 6) is 0.563. The van der Waals surface area contributed by atoms with Gasteiger partial charge >= 0.3 is 6.09 Å². The molecule has 0 spiro atoms. The van der Waals surface area contributed by atoms with E-state index in [-0.39, 0.29) is 7.43 Å². The third-order valence-corrected chi connectivity index (χ3v) is 3.25. The van der Waals surface area contributed by atoms with Gasteiger partial charge in [-0.3, -0.25) is 4.98 Å². The number of aromatic nitrogens is 1. The lowest BCUT2D eigenvalue weighted by molar-refractivity contribution is 0.203. The third kappa shape index (κ3) is 3.35. The predicted octanol–water partition coefficient (Wildman–Crippen LogP) is 2.63. The van der Waals surface area contributed by atoms with E-state index in [2.05, 4.69) is 27.8 Å². The first-order valence-corrected chi connectivity index (χ1v) is 6.53. The van der Waals surface area contributed by atoms with E-state index in [1.807, 2.05) is 24.3 Å². The number of rotatable bonds is 3. The van der Waals surface area contributed by atoms with E-state index < -0.39 is 6.09 Å². The van der Waals surface area contributed by atoms with Crippen molar-refractivity contribution in [1.82, 2.24) is 15.3 Å². The van der Waals surface area contributed by atoms with Crippen LogP contribution in [0, 0.1) is 14.5 Å². The Hall–Kier alpha value is -2.60. The molecule has 1 amide bonds. The number of hydrogen-bond donors (Lipinski definition) is 2. The molecular weight excluding hydrogens is 280 g/mol. The van der Waals surface area contributed by atoms with Crippen molar-refractivity contribution in [3.63, 3.8) is 0 Å². The molecule has 1 aromatic heterocycles. The molecule has 0 unspecified atom stereocenters. The number of carbonyl (C=O) groups excluding carboxylic acids is 1. The molecule has 2 heterocycles. The van der Waals surface area contributed by atoms with Crippen LogP contribution in [0.15, 0.2) is 42.7 Å². The van der Waals surface area contributed by atoms with Crippen LogP contribution < -0.4 is 15.5 Å². The Morgan fingerprint density at radius 2 is 2.00 bits per heavy atom. The van der Waals surface area contributed by atoms with E-state index >= 15 is 0 Å². The summed E-state index contributed by atoms with van der Waals surface area (Å²) in [5.41, 5.74) is 6.41. The minimum atomic E-state index is -0.566. The molecule has 0 saturated carbocycles. The molecule has 6 heteroatoms. The molecule has 2 N–H and O–H groups in total. The van der Waals surface area contributed by atoms with E-state index in [4.69, 9.17) is 4.74 Å². The van der Waals surface area contributed by atoms with Crippen molar-refractivity contribution in [1.29, 1.82) is 0 Å². The minimum absolute atomic E-state index is 0. The number of amides is 1. The first kappa shape index (κ1) is 15.8. The number of hydrogen-bond acceptors (Lipinski definition) is 5. The topological polar surface area (TPSA) is 66.5 Å². The summed E-state index contributed by atoms with van der Waals surface area (Å²) in [4.78, 5) is 15.3. The summed E-state index contributed by atoms with van der Waals surface area (Å²) in [5, 5.41) is 4.26. The zero-order valence-corrected chi connectivity index (χ0v) is 12.1. The second-order valence-corrected chi connectivity index (χ2v) is 4.66. The second-order valence-electron chi connectivity index (χ2n) is 4.66. The Morgan fingerprint density at radius 3 is 2.73 bits per heavy atom. The van der Waals surface area contributed by atoms with E-state index in [0.717, 1.165) is 23.4 Å². The molecule has 0 fully saturated rings. The number of fused-ring (bicyclic) bond motifs is 1. The Kier molecular flexibility index (Phi) is 4.95. The van der Waals surface area contributed by atoms with Crippen LogP contribution in [0.4, 0.5) is 10.5 Å². The molecule has 3 rings (SSSR count). The van der Waals surface area contributed by atoms with Crippen molar-refractivity contribution in [3.05, 3.63) is 68.3 Å². The highest BCUT2D eigenvalue weighted by molar-refractivity contribution is 5.71. The first-order valence-electron chi connectivity index (χ1n) is 6.53.